The van der Waals surface area contributed by atoms with Crippen LogP contribution in [0.3, 0.4) is 0 Å². The number of thioether (sulfide) groups is 1. The van der Waals surface area contributed by atoms with E-state index in [0.717, 1.165) is 28.1 Å². The highest BCUT2D eigenvalue weighted by Gasteiger charge is 2.16. The van der Waals surface area contributed by atoms with E-state index in [0.29, 0.717) is 23.5 Å². The standard InChI is InChI=1S/C20H20N2O2S2/c1-3-11-22-19(24)17-16(15-9-5-4-6-10-15)13-26-18(17)21-20(22)25-12-7-8-14(2)23/h3-6,9-10,13H,1,7-8,11-12H2,2H3. The fraction of sp³-hybridized carbons (Fsp3) is 0.250. The predicted molar refractivity (Wildman–Crippen MR) is 110 cm³/mol. The zero-order valence-electron chi connectivity index (χ0n) is 14.6. The van der Waals surface area contributed by atoms with E-state index in [1.807, 2.05) is 35.7 Å². The average Bonchev–Trinajstić information content (AvgIpc) is 3.06. The number of hydrogen-bond acceptors (Lipinski definition) is 5. The van der Waals surface area contributed by atoms with Crippen molar-refractivity contribution in [2.45, 2.75) is 31.5 Å². The molecule has 0 aliphatic carbocycles. The van der Waals surface area contributed by atoms with Gasteiger partial charge in [-0.2, -0.15) is 0 Å². The molecule has 0 spiro atoms. The minimum absolute atomic E-state index is 0.0379. The number of Topliss-reactive ketones (excluding diaryl/α,β-unsaturated/α-hetero) is 1. The maximum Gasteiger partial charge on any atom is 0.263 e. The van der Waals surface area contributed by atoms with E-state index in [9.17, 15) is 9.59 Å². The van der Waals surface area contributed by atoms with Gasteiger partial charge in [0, 0.05) is 29.7 Å². The molecule has 2 aromatic heterocycles. The maximum absolute atomic E-state index is 13.1. The number of nitrogens with zero attached hydrogens (tertiary/aromatic N) is 2. The van der Waals surface area contributed by atoms with Gasteiger partial charge in [-0.25, -0.2) is 4.98 Å². The summed E-state index contributed by atoms with van der Waals surface area (Å²) in [6, 6.07) is 9.90. The van der Waals surface area contributed by atoms with Crippen LogP contribution in [0.15, 0.2) is 58.3 Å². The molecular weight excluding hydrogens is 364 g/mol. The first-order chi connectivity index (χ1) is 12.6. The molecule has 0 saturated heterocycles. The summed E-state index contributed by atoms with van der Waals surface area (Å²) in [6.45, 7) is 5.78. The van der Waals surface area contributed by atoms with Gasteiger partial charge < -0.3 is 4.79 Å². The lowest BCUT2D eigenvalue weighted by Gasteiger charge is -2.10. The number of aromatic nitrogens is 2. The van der Waals surface area contributed by atoms with Crippen molar-refractivity contribution < 1.29 is 4.79 Å². The lowest BCUT2D eigenvalue weighted by Crippen LogP contribution is -2.22. The Labute approximate surface area is 160 Å². The summed E-state index contributed by atoms with van der Waals surface area (Å²) < 4.78 is 1.67. The Kier molecular flexibility index (Phi) is 6.06. The molecule has 1 aromatic carbocycles. The Morgan fingerprint density at radius 3 is 2.81 bits per heavy atom. The number of benzene rings is 1. The van der Waals surface area contributed by atoms with Gasteiger partial charge in [0.1, 0.15) is 10.6 Å². The van der Waals surface area contributed by atoms with Gasteiger partial charge >= 0.3 is 0 Å². The number of carbonyl (C=O) groups excluding carboxylic acids is 1. The van der Waals surface area contributed by atoms with Gasteiger partial charge in [0.05, 0.1) is 5.39 Å². The van der Waals surface area contributed by atoms with Gasteiger partial charge in [0.15, 0.2) is 5.16 Å². The van der Waals surface area contributed by atoms with Crippen LogP contribution in [0.5, 0.6) is 0 Å². The number of rotatable bonds is 8. The van der Waals surface area contributed by atoms with Crippen LogP contribution in [-0.4, -0.2) is 21.1 Å². The largest absolute Gasteiger partial charge is 0.300 e. The first kappa shape index (κ1) is 18.6. The van der Waals surface area contributed by atoms with Crippen LogP contribution in [0.4, 0.5) is 0 Å². The zero-order chi connectivity index (χ0) is 18.5. The molecule has 0 radical (unpaired) electrons. The second-order valence-corrected chi connectivity index (χ2v) is 7.87. The smallest absolute Gasteiger partial charge is 0.263 e. The SMILES string of the molecule is C=CCn1c(SCCCC(C)=O)nc2scc(-c3ccccc3)c2c1=O. The van der Waals surface area contributed by atoms with E-state index in [1.54, 1.807) is 17.6 Å². The van der Waals surface area contributed by atoms with Crippen LogP contribution in [-0.2, 0) is 11.3 Å². The van der Waals surface area contributed by atoms with E-state index in [-0.39, 0.29) is 11.3 Å². The molecule has 0 aliphatic rings. The van der Waals surface area contributed by atoms with Crippen LogP contribution in [0.1, 0.15) is 19.8 Å². The lowest BCUT2D eigenvalue weighted by molar-refractivity contribution is -0.117. The Bertz CT molecular complexity index is 990. The third-order valence-corrected chi connectivity index (χ3v) is 5.89. The second kappa shape index (κ2) is 8.47. The molecule has 134 valence electrons. The van der Waals surface area contributed by atoms with Gasteiger partial charge in [0.2, 0.25) is 0 Å². The summed E-state index contributed by atoms with van der Waals surface area (Å²) in [5.41, 5.74) is 1.91. The van der Waals surface area contributed by atoms with Gasteiger partial charge in [-0.15, -0.1) is 17.9 Å². The molecule has 4 nitrogen and oxygen atoms in total. The molecule has 3 aromatic rings. The zero-order valence-corrected chi connectivity index (χ0v) is 16.2. The highest BCUT2D eigenvalue weighted by Crippen LogP contribution is 2.32. The molecule has 26 heavy (non-hydrogen) atoms. The number of hydrogen-bond donors (Lipinski definition) is 0. The van der Waals surface area contributed by atoms with Crippen LogP contribution < -0.4 is 5.56 Å². The summed E-state index contributed by atoms with van der Waals surface area (Å²) in [4.78, 5) is 29.7. The van der Waals surface area contributed by atoms with Crippen LogP contribution in [0.25, 0.3) is 21.3 Å². The van der Waals surface area contributed by atoms with Gasteiger partial charge in [-0.3, -0.25) is 9.36 Å². The third-order valence-electron chi connectivity index (χ3n) is 3.96. The summed E-state index contributed by atoms with van der Waals surface area (Å²) in [7, 11) is 0. The van der Waals surface area contributed by atoms with Gasteiger partial charge in [-0.1, -0.05) is 48.2 Å². The van der Waals surface area contributed by atoms with Crippen LogP contribution in [0, 0.1) is 0 Å². The molecule has 3 rings (SSSR count). The summed E-state index contributed by atoms with van der Waals surface area (Å²) >= 11 is 3.01. The Morgan fingerprint density at radius 1 is 1.35 bits per heavy atom. The van der Waals surface area contributed by atoms with Gasteiger partial charge in [0.25, 0.3) is 5.56 Å². The normalized spacial score (nSPS) is 11.0. The molecule has 6 heteroatoms. The number of carbonyl (C=O) groups is 1. The predicted octanol–water partition coefficient (Wildman–Crippen LogP) is 4.77. The molecule has 0 amide bonds. The van der Waals surface area contributed by atoms with Crippen LogP contribution >= 0.6 is 23.1 Å². The molecule has 0 bridgehead atoms. The summed E-state index contributed by atoms with van der Waals surface area (Å²) in [5, 5.41) is 3.35. The van der Waals surface area contributed by atoms with E-state index >= 15 is 0 Å². The second-order valence-electron chi connectivity index (χ2n) is 5.95. The lowest BCUT2D eigenvalue weighted by atomic mass is 10.1. The van der Waals surface area contributed by atoms with Crippen molar-refractivity contribution in [1.29, 1.82) is 0 Å². The Morgan fingerprint density at radius 2 is 2.12 bits per heavy atom. The van der Waals surface area contributed by atoms with Crippen molar-refractivity contribution in [3.05, 3.63) is 58.7 Å². The molecule has 0 atom stereocenters. The van der Waals surface area contributed by atoms with E-state index in [4.69, 9.17) is 4.98 Å². The Hall–Kier alpha value is -2.18. The highest BCUT2D eigenvalue weighted by molar-refractivity contribution is 7.99. The molecule has 0 unspecified atom stereocenters. The fourth-order valence-corrected chi connectivity index (χ4v) is 4.66. The fourth-order valence-electron chi connectivity index (χ4n) is 2.72. The number of fused-ring (bicyclic) bond motifs is 1. The molecular formula is C20H20N2O2S2. The first-order valence-electron chi connectivity index (χ1n) is 8.42. The topological polar surface area (TPSA) is 52.0 Å². The molecule has 2 heterocycles. The van der Waals surface area contributed by atoms with Crippen molar-refractivity contribution in [1.82, 2.24) is 9.55 Å². The molecule has 0 saturated carbocycles. The first-order valence-corrected chi connectivity index (χ1v) is 10.3. The highest BCUT2D eigenvalue weighted by atomic mass is 32.2. The number of thiophene rings is 1. The van der Waals surface area contributed by atoms with E-state index in [2.05, 4.69) is 6.58 Å². The molecule has 0 N–H and O–H groups in total. The van der Waals surface area contributed by atoms with E-state index < -0.39 is 0 Å². The van der Waals surface area contributed by atoms with Crippen molar-refractivity contribution in [3.8, 4) is 11.1 Å². The van der Waals surface area contributed by atoms with Crippen molar-refractivity contribution in [3.63, 3.8) is 0 Å². The van der Waals surface area contributed by atoms with Crippen molar-refractivity contribution in [2.75, 3.05) is 5.75 Å². The monoisotopic (exact) mass is 384 g/mol. The van der Waals surface area contributed by atoms with Crippen molar-refractivity contribution in [2.24, 2.45) is 0 Å². The Balaban J connectivity index is 2.02. The minimum Gasteiger partial charge on any atom is -0.300 e. The van der Waals surface area contributed by atoms with Gasteiger partial charge in [-0.05, 0) is 18.9 Å². The van der Waals surface area contributed by atoms with Crippen molar-refractivity contribution >= 4 is 39.1 Å². The quantitative estimate of drug-likeness (QED) is 0.243. The summed E-state index contributed by atoms with van der Waals surface area (Å²) in [6.07, 6.45) is 3.04. The minimum atomic E-state index is -0.0379. The molecule has 0 fully saturated rings. The number of ketones is 1. The average molecular weight is 385 g/mol. The van der Waals surface area contributed by atoms with Crippen LogP contribution in [0.2, 0.25) is 0 Å². The maximum atomic E-state index is 13.1. The molecule has 0 aliphatic heterocycles. The van der Waals surface area contributed by atoms with E-state index in [1.165, 1.54) is 23.1 Å². The summed E-state index contributed by atoms with van der Waals surface area (Å²) in [5.74, 6) is 0.939. The number of allylic oxidation sites excluding steroid dienone is 1. The third kappa shape index (κ3) is 3.97.